The Hall–Kier alpha value is -2.50. The van der Waals surface area contributed by atoms with Crippen LogP contribution in [0.25, 0.3) is 0 Å². The van der Waals surface area contributed by atoms with Crippen molar-refractivity contribution < 1.29 is 24.2 Å². The molecule has 1 aromatic carbocycles. The molecule has 3 rings (SSSR count). The van der Waals surface area contributed by atoms with Crippen molar-refractivity contribution >= 4 is 17.6 Å². The van der Waals surface area contributed by atoms with Crippen LogP contribution >= 0.6 is 0 Å². The van der Waals surface area contributed by atoms with Crippen molar-refractivity contribution in [3.63, 3.8) is 0 Å². The average molecular weight is 275 g/mol. The highest BCUT2D eigenvalue weighted by molar-refractivity contribution is 6.08. The van der Waals surface area contributed by atoms with Gasteiger partial charge in [-0.1, -0.05) is 0 Å². The molecule has 0 bridgehead atoms. The van der Waals surface area contributed by atoms with E-state index in [1.165, 1.54) is 4.90 Å². The molecule has 0 spiro atoms. The molecule has 0 fully saturated rings. The van der Waals surface area contributed by atoms with E-state index in [2.05, 4.69) is 0 Å². The molecule has 2 aliphatic rings. The monoisotopic (exact) mass is 275 g/mol. The van der Waals surface area contributed by atoms with E-state index in [1.807, 2.05) is 0 Å². The van der Waals surface area contributed by atoms with E-state index in [4.69, 9.17) is 14.6 Å². The summed E-state index contributed by atoms with van der Waals surface area (Å²) in [5.74, 6) is -0.114. The molecule has 0 radical (unpaired) electrons. The summed E-state index contributed by atoms with van der Waals surface area (Å²) >= 11 is 0. The van der Waals surface area contributed by atoms with Crippen LogP contribution in [-0.4, -0.2) is 30.2 Å². The van der Waals surface area contributed by atoms with E-state index >= 15 is 0 Å². The normalized spacial score (nSPS) is 17.6. The summed E-state index contributed by atoms with van der Waals surface area (Å²) < 4.78 is 10.9. The summed E-state index contributed by atoms with van der Waals surface area (Å²) in [6.07, 6.45) is -0.0877. The van der Waals surface area contributed by atoms with Crippen LogP contribution in [0.15, 0.2) is 29.5 Å². The van der Waals surface area contributed by atoms with Crippen LogP contribution in [0.3, 0.4) is 0 Å². The lowest BCUT2D eigenvalue weighted by molar-refractivity contribution is -0.133. The van der Waals surface area contributed by atoms with Gasteiger partial charge in [0.15, 0.2) is 11.5 Å². The topological polar surface area (TPSA) is 76.1 Å². The fourth-order valence-corrected chi connectivity index (χ4v) is 2.42. The van der Waals surface area contributed by atoms with Gasteiger partial charge in [-0.3, -0.25) is 9.69 Å². The van der Waals surface area contributed by atoms with E-state index in [-0.39, 0.29) is 17.9 Å². The second-order valence-corrected chi connectivity index (χ2v) is 4.60. The van der Waals surface area contributed by atoms with Crippen molar-refractivity contribution in [2.75, 3.05) is 18.1 Å². The van der Waals surface area contributed by atoms with Crippen LogP contribution in [0.5, 0.6) is 11.5 Å². The number of aliphatic carboxylic acids is 1. The molecule has 6 nitrogen and oxygen atoms in total. The molecule has 0 aliphatic carbocycles. The number of amides is 1. The molecule has 0 saturated carbocycles. The fraction of sp³-hybridized carbons (Fsp3) is 0.286. The van der Waals surface area contributed by atoms with Crippen LogP contribution in [0.4, 0.5) is 5.69 Å². The van der Waals surface area contributed by atoms with Crippen LogP contribution in [-0.2, 0) is 9.59 Å². The minimum Gasteiger partial charge on any atom is -0.486 e. The van der Waals surface area contributed by atoms with Gasteiger partial charge in [0.05, 0.1) is 17.7 Å². The molecule has 0 saturated heterocycles. The van der Waals surface area contributed by atoms with E-state index < -0.39 is 5.97 Å². The number of carboxylic acids is 1. The van der Waals surface area contributed by atoms with Gasteiger partial charge in [-0.05, 0) is 19.1 Å². The zero-order chi connectivity index (χ0) is 14.3. The number of hydrogen-bond acceptors (Lipinski definition) is 4. The minimum atomic E-state index is -1.06. The number of allylic oxidation sites excluding steroid dienone is 1. The van der Waals surface area contributed by atoms with Gasteiger partial charge in [-0.15, -0.1) is 0 Å². The maximum atomic E-state index is 12.0. The summed E-state index contributed by atoms with van der Waals surface area (Å²) in [5, 5.41) is 9.08. The Bertz CT molecular complexity index is 634. The third-order valence-electron chi connectivity index (χ3n) is 3.39. The van der Waals surface area contributed by atoms with Gasteiger partial charge in [0.25, 0.3) is 0 Å². The highest BCUT2D eigenvalue weighted by Gasteiger charge is 2.32. The van der Waals surface area contributed by atoms with E-state index in [0.717, 1.165) is 0 Å². The Balaban J connectivity index is 2.00. The molecule has 2 heterocycles. The molecule has 0 unspecified atom stereocenters. The van der Waals surface area contributed by atoms with Crippen LogP contribution < -0.4 is 14.4 Å². The van der Waals surface area contributed by atoms with Gasteiger partial charge in [0.2, 0.25) is 5.91 Å². The first kappa shape index (κ1) is 12.5. The molecule has 104 valence electrons. The maximum Gasteiger partial charge on any atom is 0.333 e. The first-order chi connectivity index (χ1) is 9.58. The van der Waals surface area contributed by atoms with Crippen molar-refractivity contribution in [3.8, 4) is 11.5 Å². The summed E-state index contributed by atoms with van der Waals surface area (Å²) in [7, 11) is 0. The number of anilines is 1. The number of rotatable bonds is 2. The van der Waals surface area contributed by atoms with Gasteiger partial charge < -0.3 is 14.6 Å². The highest BCUT2D eigenvalue weighted by Crippen LogP contribution is 2.37. The lowest BCUT2D eigenvalue weighted by atomic mass is 10.2. The van der Waals surface area contributed by atoms with Gasteiger partial charge >= 0.3 is 5.97 Å². The Kier molecular flexibility index (Phi) is 2.85. The summed E-state index contributed by atoms with van der Waals surface area (Å²) in [5.41, 5.74) is 1.16. The third kappa shape index (κ3) is 1.89. The SMILES string of the molecule is CC1=C(C(=O)O)CC(=O)N1c1ccc2c(c1)OCCO2. The maximum absolute atomic E-state index is 12.0. The van der Waals surface area contributed by atoms with Gasteiger partial charge in [-0.2, -0.15) is 0 Å². The summed E-state index contributed by atoms with van der Waals surface area (Å²) in [4.78, 5) is 24.5. The molecular formula is C14H13NO5. The van der Waals surface area contributed by atoms with Crippen LogP contribution in [0.2, 0.25) is 0 Å². The number of carbonyl (C=O) groups is 2. The lowest BCUT2D eigenvalue weighted by Gasteiger charge is -2.22. The Morgan fingerprint density at radius 2 is 1.95 bits per heavy atom. The minimum absolute atomic E-state index is 0.0877. The van der Waals surface area contributed by atoms with Gasteiger partial charge in [0.1, 0.15) is 13.2 Å². The van der Waals surface area contributed by atoms with Crippen molar-refractivity contribution in [2.24, 2.45) is 0 Å². The number of hydrogen-bond donors (Lipinski definition) is 1. The van der Waals surface area contributed by atoms with E-state index in [0.29, 0.717) is 36.1 Å². The molecule has 1 aromatic rings. The van der Waals surface area contributed by atoms with Crippen LogP contribution in [0, 0.1) is 0 Å². The van der Waals surface area contributed by atoms with Crippen molar-refractivity contribution in [3.05, 3.63) is 29.5 Å². The summed E-state index contributed by atoms with van der Waals surface area (Å²) in [6.45, 7) is 2.59. The lowest BCUT2D eigenvalue weighted by Crippen LogP contribution is -2.24. The Morgan fingerprint density at radius 3 is 2.60 bits per heavy atom. The molecule has 0 atom stereocenters. The number of carbonyl (C=O) groups excluding carboxylic acids is 1. The van der Waals surface area contributed by atoms with Crippen molar-refractivity contribution in [1.82, 2.24) is 0 Å². The van der Waals surface area contributed by atoms with Gasteiger partial charge in [-0.25, -0.2) is 4.79 Å². The second-order valence-electron chi connectivity index (χ2n) is 4.60. The second kappa shape index (κ2) is 4.56. The number of nitrogens with zero attached hydrogens (tertiary/aromatic N) is 1. The molecule has 20 heavy (non-hydrogen) atoms. The van der Waals surface area contributed by atoms with Crippen molar-refractivity contribution in [1.29, 1.82) is 0 Å². The zero-order valence-corrected chi connectivity index (χ0v) is 10.9. The largest absolute Gasteiger partial charge is 0.486 e. The average Bonchev–Trinajstić information content (AvgIpc) is 2.74. The fourth-order valence-electron chi connectivity index (χ4n) is 2.42. The predicted molar refractivity (Wildman–Crippen MR) is 69.9 cm³/mol. The molecule has 1 amide bonds. The zero-order valence-electron chi connectivity index (χ0n) is 10.9. The molecule has 2 aliphatic heterocycles. The van der Waals surface area contributed by atoms with E-state index in [9.17, 15) is 9.59 Å². The molecule has 1 N–H and O–H groups in total. The van der Waals surface area contributed by atoms with Crippen LogP contribution in [0.1, 0.15) is 13.3 Å². The number of fused-ring (bicyclic) bond motifs is 1. The molecule has 6 heteroatoms. The first-order valence-corrected chi connectivity index (χ1v) is 6.23. The number of ether oxygens (including phenoxy) is 2. The van der Waals surface area contributed by atoms with Crippen molar-refractivity contribution in [2.45, 2.75) is 13.3 Å². The predicted octanol–water partition coefficient (Wildman–Crippen LogP) is 1.55. The summed E-state index contributed by atoms with van der Waals surface area (Å²) in [6, 6.07) is 5.14. The van der Waals surface area contributed by atoms with E-state index in [1.54, 1.807) is 25.1 Å². The first-order valence-electron chi connectivity index (χ1n) is 6.23. The number of carboxylic acid groups (broad SMARTS) is 1. The smallest absolute Gasteiger partial charge is 0.333 e. The molecular weight excluding hydrogens is 262 g/mol. The quantitative estimate of drug-likeness (QED) is 0.886. The van der Waals surface area contributed by atoms with Gasteiger partial charge in [0, 0.05) is 11.8 Å². The molecule has 0 aromatic heterocycles. The standard InChI is InChI=1S/C14H13NO5/c1-8-10(14(17)18)7-13(16)15(8)9-2-3-11-12(6-9)20-5-4-19-11/h2-3,6H,4-5,7H2,1H3,(H,17,18). The highest BCUT2D eigenvalue weighted by atomic mass is 16.6. The Morgan fingerprint density at radius 1 is 1.25 bits per heavy atom. The number of benzene rings is 1. The third-order valence-corrected chi connectivity index (χ3v) is 3.39. The Labute approximate surface area is 115 Å².